The van der Waals surface area contributed by atoms with Crippen molar-refractivity contribution in [2.24, 2.45) is 0 Å². The highest BCUT2D eigenvalue weighted by Gasteiger charge is 2.30. The van der Waals surface area contributed by atoms with Gasteiger partial charge in [0.1, 0.15) is 0 Å². The minimum Gasteiger partial charge on any atom is -0.349 e. The largest absolute Gasteiger partial charge is 0.349 e. The van der Waals surface area contributed by atoms with Gasteiger partial charge in [0.05, 0.1) is 6.54 Å². The molecule has 17 heavy (non-hydrogen) atoms. The standard InChI is InChI=1S/C12H24N2O3/c1-4-5-6-7-8-9-11(15)13-10-12(2,3)14(16)17/h4-10H2,1-3H3,(H,13,15). The lowest BCUT2D eigenvalue weighted by Gasteiger charge is -2.15. The number of nitro groups is 1. The molecule has 0 atom stereocenters. The summed E-state index contributed by atoms with van der Waals surface area (Å²) >= 11 is 0. The van der Waals surface area contributed by atoms with Crippen molar-refractivity contribution < 1.29 is 9.72 Å². The Hall–Kier alpha value is -1.13. The zero-order valence-corrected chi connectivity index (χ0v) is 11.1. The second-order valence-electron chi connectivity index (χ2n) is 5.01. The fraction of sp³-hybridized carbons (Fsp3) is 0.917. The van der Waals surface area contributed by atoms with Gasteiger partial charge in [-0.3, -0.25) is 14.9 Å². The number of unbranched alkanes of at least 4 members (excludes halogenated alkanes) is 4. The van der Waals surface area contributed by atoms with E-state index in [-0.39, 0.29) is 17.4 Å². The maximum Gasteiger partial charge on any atom is 0.233 e. The topological polar surface area (TPSA) is 72.2 Å². The highest BCUT2D eigenvalue weighted by Crippen LogP contribution is 2.07. The number of carbonyl (C=O) groups excluding carboxylic acids is 1. The molecule has 0 aromatic heterocycles. The minimum absolute atomic E-state index is 0.0866. The summed E-state index contributed by atoms with van der Waals surface area (Å²) in [5.74, 6) is -0.0866. The summed E-state index contributed by atoms with van der Waals surface area (Å²) in [5.41, 5.74) is -1.09. The minimum atomic E-state index is -1.09. The van der Waals surface area contributed by atoms with Crippen molar-refractivity contribution in [3.8, 4) is 0 Å². The van der Waals surface area contributed by atoms with Crippen LogP contribution in [-0.4, -0.2) is 22.9 Å². The van der Waals surface area contributed by atoms with Gasteiger partial charge in [0.2, 0.25) is 11.4 Å². The number of hydrogen-bond donors (Lipinski definition) is 1. The number of carbonyl (C=O) groups is 1. The summed E-state index contributed by atoms with van der Waals surface area (Å²) in [6, 6.07) is 0. The van der Waals surface area contributed by atoms with Crippen LogP contribution in [0.15, 0.2) is 0 Å². The third-order valence-corrected chi connectivity index (χ3v) is 2.72. The second kappa shape index (κ2) is 8.03. The molecule has 0 aromatic rings. The molecule has 0 unspecified atom stereocenters. The maximum absolute atomic E-state index is 11.4. The van der Waals surface area contributed by atoms with E-state index in [0.29, 0.717) is 6.42 Å². The van der Waals surface area contributed by atoms with Crippen molar-refractivity contribution in [3.05, 3.63) is 10.1 Å². The molecular formula is C12H24N2O3. The lowest BCUT2D eigenvalue weighted by molar-refractivity contribution is -0.557. The van der Waals surface area contributed by atoms with E-state index in [9.17, 15) is 14.9 Å². The van der Waals surface area contributed by atoms with E-state index in [0.717, 1.165) is 19.3 Å². The number of hydrogen-bond acceptors (Lipinski definition) is 3. The zero-order chi connectivity index (χ0) is 13.3. The normalized spacial score (nSPS) is 11.2. The third-order valence-electron chi connectivity index (χ3n) is 2.72. The van der Waals surface area contributed by atoms with Crippen LogP contribution in [-0.2, 0) is 4.79 Å². The summed E-state index contributed by atoms with van der Waals surface area (Å²) in [4.78, 5) is 21.7. The Morgan fingerprint density at radius 1 is 1.24 bits per heavy atom. The van der Waals surface area contributed by atoms with Crippen LogP contribution in [0.2, 0.25) is 0 Å². The molecule has 0 saturated heterocycles. The molecule has 0 aliphatic carbocycles. The maximum atomic E-state index is 11.4. The first kappa shape index (κ1) is 15.9. The van der Waals surface area contributed by atoms with Crippen molar-refractivity contribution in [2.75, 3.05) is 6.54 Å². The molecule has 0 radical (unpaired) electrons. The van der Waals surface area contributed by atoms with Gasteiger partial charge in [0.15, 0.2) is 0 Å². The number of rotatable bonds is 9. The van der Waals surface area contributed by atoms with Gasteiger partial charge in [-0.1, -0.05) is 32.6 Å². The molecule has 100 valence electrons. The van der Waals surface area contributed by atoms with E-state index >= 15 is 0 Å². The summed E-state index contributed by atoms with van der Waals surface area (Å²) in [6.07, 6.45) is 5.94. The van der Waals surface area contributed by atoms with Crippen LogP contribution in [0.25, 0.3) is 0 Å². The van der Waals surface area contributed by atoms with Crippen molar-refractivity contribution >= 4 is 5.91 Å². The Morgan fingerprint density at radius 3 is 2.35 bits per heavy atom. The van der Waals surface area contributed by atoms with Gasteiger partial charge in [-0.25, -0.2) is 0 Å². The summed E-state index contributed by atoms with van der Waals surface area (Å²) < 4.78 is 0. The first-order valence-electron chi connectivity index (χ1n) is 6.31. The van der Waals surface area contributed by atoms with Crippen LogP contribution in [0.4, 0.5) is 0 Å². The number of nitrogens with one attached hydrogen (secondary N) is 1. The number of amides is 1. The van der Waals surface area contributed by atoms with Gasteiger partial charge in [-0.15, -0.1) is 0 Å². The summed E-state index contributed by atoms with van der Waals surface area (Å²) in [7, 11) is 0. The zero-order valence-electron chi connectivity index (χ0n) is 11.1. The van der Waals surface area contributed by atoms with Crippen LogP contribution in [0.1, 0.15) is 59.3 Å². The fourth-order valence-corrected chi connectivity index (χ4v) is 1.36. The molecule has 0 bridgehead atoms. The van der Waals surface area contributed by atoms with Gasteiger partial charge >= 0.3 is 0 Å². The lowest BCUT2D eigenvalue weighted by atomic mass is 10.1. The highest BCUT2D eigenvalue weighted by molar-refractivity contribution is 5.75. The van der Waals surface area contributed by atoms with Crippen molar-refractivity contribution in [3.63, 3.8) is 0 Å². The number of nitrogens with zero attached hydrogens (tertiary/aromatic N) is 1. The molecule has 5 nitrogen and oxygen atoms in total. The van der Waals surface area contributed by atoms with E-state index in [2.05, 4.69) is 12.2 Å². The van der Waals surface area contributed by atoms with Crippen LogP contribution in [0.5, 0.6) is 0 Å². The van der Waals surface area contributed by atoms with E-state index in [1.165, 1.54) is 26.7 Å². The molecule has 0 saturated carbocycles. The smallest absolute Gasteiger partial charge is 0.233 e. The van der Waals surface area contributed by atoms with E-state index in [1.807, 2.05) is 0 Å². The van der Waals surface area contributed by atoms with Gasteiger partial charge in [0.25, 0.3) is 0 Å². The monoisotopic (exact) mass is 244 g/mol. The van der Waals surface area contributed by atoms with Gasteiger partial charge in [-0.05, 0) is 6.42 Å². The van der Waals surface area contributed by atoms with E-state index < -0.39 is 5.54 Å². The molecule has 0 fully saturated rings. The Morgan fingerprint density at radius 2 is 1.82 bits per heavy atom. The SMILES string of the molecule is CCCCCCCC(=O)NCC(C)(C)[N+](=O)[O-]. The Balaban J connectivity index is 3.63. The molecule has 1 N–H and O–H groups in total. The third kappa shape index (κ3) is 7.71. The van der Waals surface area contributed by atoms with Crippen LogP contribution < -0.4 is 5.32 Å². The van der Waals surface area contributed by atoms with Crippen LogP contribution >= 0.6 is 0 Å². The van der Waals surface area contributed by atoms with Gasteiger partial charge in [-0.2, -0.15) is 0 Å². The quantitative estimate of drug-likeness (QED) is 0.385. The summed E-state index contributed by atoms with van der Waals surface area (Å²) in [5, 5.41) is 13.2. The van der Waals surface area contributed by atoms with E-state index in [4.69, 9.17) is 0 Å². The Labute approximate surface area is 103 Å². The summed E-state index contributed by atoms with van der Waals surface area (Å²) in [6.45, 7) is 5.25. The second-order valence-corrected chi connectivity index (χ2v) is 5.01. The highest BCUT2D eigenvalue weighted by atomic mass is 16.6. The molecule has 0 heterocycles. The molecule has 0 aromatic carbocycles. The Kier molecular flexibility index (Phi) is 7.50. The average molecular weight is 244 g/mol. The first-order valence-corrected chi connectivity index (χ1v) is 6.31. The molecular weight excluding hydrogens is 220 g/mol. The lowest BCUT2D eigenvalue weighted by Crippen LogP contribution is -2.44. The molecule has 0 rings (SSSR count). The molecule has 1 amide bonds. The van der Waals surface area contributed by atoms with Gasteiger partial charge < -0.3 is 5.32 Å². The predicted molar refractivity (Wildman–Crippen MR) is 67.5 cm³/mol. The van der Waals surface area contributed by atoms with Gasteiger partial charge in [0, 0.05) is 25.2 Å². The van der Waals surface area contributed by atoms with Crippen LogP contribution in [0.3, 0.4) is 0 Å². The molecule has 0 aliphatic rings. The van der Waals surface area contributed by atoms with Crippen molar-refractivity contribution in [2.45, 2.75) is 64.8 Å². The van der Waals surface area contributed by atoms with Crippen molar-refractivity contribution in [1.82, 2.24) is 5.32 Å². The fourth-order valence-electron chi connectivity index (χ4n) is 1.36. The van der Waals surface area contributed by atoms with Crippen molar-refractivity contribution in [1.29, 1.82) is 0 Å². The molecule has 0 spiro atoms. The Bertz CT molecular complexity index is 252. The first-order chi connectivity index (χ1) is 7.90. The van der Waals surface area contributed by atoms with E-state index in [1.54, 1.807) is 0 Å². The molecule has 0 aliphatic heterocycles. The predicted octanol–water partition coefficient (Wildman–Crippen LogP) is 2.52. The average Bonchev–Trinajstić information content (AvgIpc) is 2.26. The van der Waals surface area contributed by atoms with Crippen LogP contribution in [0, 0.1) is 10.1 Å². The molecule has 5 heteroatoms.